The highest BCUT2D eigenvalue weighted by Crippen LogP contribution is 1.88. The fraction of sp³-hybridized carbons (Fsp3) is 0.800. The van der Waals surface area contributed by atoms with Crippen molar-refractivity contribution in [2.45, 2.75) is 26.2 Å². The molecule has 0 amide bonds. The molecule has 1 rings (SSSR count). The van der Waals surface area contributed by atoms with Crippen molar-refractivity contribution < 1.29 is 9.26 Å². The van der Waals surface area contributed by atoms with Crippen LogP contribution in [0.5, 0.6) is 0 Å². The van der Waals surface area contributed by atoms with Gasteiger partial charge in [0.2, 0.25) is 6.39 Å². The highest BCUT2D eigenvalue weighted by molar-refractivity contribution is 4.78. The van der Waals surface area contributed by atoms with Crippen molar-refractivity contribution in [3.05, 3.63) is 12.2 Å². The van der Waals surface area contributed by atoms with Gasteiger partial charge in [0.1, 0.15) is 0 Å². The fourth-order valence-corrected chi connectivity index (χ4v) is 1.12. The van der Waals surface area contributed by atoms with Crippen molar-refractivity contribution in [1.29, 1.82) is 0 Å². The number of aromatic nitrogens is 2. The molecule has 86 valence electrons. The first-order valence-corrected chi connectivity index (χ1v) is 5.47. The van der Waals surface area contributed by atoms with E-state index in [9.17, 15) is 0 Å². The van der Waals surface area contributed by atoms with Gasteiger partial charge in [0, 0.05) is 26.1 Å². The zero-order valence-corrected chi connectivity index (χ0v) is 9.24. The van der Waals surface area contributed by atoms with Crippen LogP contribution < -0.4 is 5.32 Å². The first-order chi connectivity index (χ1) is 7.43. The first kappa shape index (κ1) is 12.1. The summed E-state index contributed by atoms with van der Waals surface area (Å²) in [5.41, 5.74) is 0. The van der Waals surface area contributed by atoms with E-state index in [2.05, 4.69) is 26.9 Å². The third kappa shape index (κ3) is 6.19. The highest BCUT2D eigenvalue weighted by Gasteiger charge is 1.96. The molecule has 15 heavy (non-hydrogen) atoms. The van der Waals surface area contributed by atoms with Crippen LogP contribution in [-0.4, -0.2) is 36.4 Å². The normalized spacial score (nSPS) is 10.7. The molecular formula is C10H19N3O2. The van der Waals surface area contributed by atoms with Crippen molar-refractivity contribution in [1.82, 2.24) is 15.5 Å². The van der Waals surface area contributed by atoms with E-state index in [4.69, 9.17) is 4.74 Å². The predicted octanol–water partition coefficient (Wildman–Crippen LogP) is 1.02. The van der Waals surface area contributed by atoms with Crippen molar-refractivity contribution in [2.24, 2.45) is 0 Å². The number of ether oxygens (including phenoxy) is 1. The topological polar surface area (TPSA) is 60.2 Å². The van der Waals surface area contributed by atoms with Crippen molar-refractivity contribution in [2.75, 3.05) is 26.3 Å². The number of hydrogen-bond acceptors (Lipinski definition) is 5. The van der Waals surface area contributed by atoms with Crippen molar-refractivity contribution in [3.8, 4) is 0 Å². The van der Waals surface area contributed by atoms with Gasteiger partial charge in [-0.1, -0.05) is 18.5 Å². The predicted molar refractivity (Wildman–Crippen MR) is 56.6 cm³/mol. The summed E-state index contributed by atoms with van der Waals surface area (Å²) in [4.78, 5) is 3.93. The zero-order chi connectivity index (χ0) is 10.8. The van der Waals surface area contributed by atoms with Gasteiger partial charge >= 0.3 is 0 Å². The molecule has 0 bridgehead atoms. The van der Waals surface area contributed by atoms with Gasteiger partial charge in [-0.25, -0.2) is 0 Å². The second-order valence-corrected chi connectivity index (χ2v) is 3.31. The minimum Gasteiger partial charge on any atom is -0.380 e. The maximum Gasteiger partial charge on any atom is 0.213 e. The second kappa shape index (κ2) is 8.38. The van der Waals surface area contributed by atoms with E-state index >= 15 is 0 Å². The molecule has 0 aliphatic rings. The van der Waals surface area contributed by atoms with Crippen LogP contribution in [0.1, 0.15) is 25.6 Å². The van der Waals surface area contributed by atoms with Crippen LogP contribution in [0.25, 0.3) is 0 Å². The Morgan fingerprint density at radius 1 is 1.40 bits per heavy atom. The molecule has 1 heterocycles. The zero-order valence-electron chi connectivity index (χ0n) is 9.24. The molecule has 5 heteroatoms. The summed E-state index contributed by atoms with van der Waals surface area (Å²) in [6.45, 7) is 5.53. The molecule has 0 fully saturated rings. The van der Waals surface area contributed by atoms with Crippen LogP contribution in [0.15, 0.2) is 10.9 Å². The Bertz CT molecular complexity index is 227. The Labute approximate surface area is 90.2 Å². The van der Waals surface area contributed by atoms with Gasteiger partial charge in [-0.2, -0.15) is 4.98 Å². The van der Waals surface area contributed by atoms with Crippen LogP contribution in [0.2, 0.25) is 0 Å². The van der Waals surface area contributed by atoms with Gasteiger partial charge in [0.15, 0.2) is 5.82 Å². The van der Waals surface area contributed by atoms with Crippen molar-refractivity contribution in [3.63, 3.8) is 0 Å². The maximum atomic E-state index is 5.40. The summed E-state index contributed by atoms with van der Waals surface area (Å²) < 4.78 is 10.0. The summed E-state index contributed by atoms with van der Waals surface area (Å²) >= 11 is 0. The third-order valence-corrected chi connectivity index (χ3v) is 2.00. The minimum absolute atomic E-state index is 0.745. The Kier molecular flexibility index (Phi) is 6.77. The summed E-state index contributed by atoms with van der Waals surface area (Å²) in [6, 6.07) is 0. The molecule has 0 saturated carbocycles. The second-order valence-electron chi connectivity index (χ2n) is 3.31. The SMILES string of the molecule is CCCCOCCNCCc1ncon1. The van der Waals surface area contributed by atoms with E-state index < -0.39 is 0 Å². The largest absolute Gasteiger partial charge is 0.380 e. The summed E-state index contributed by atoms with van der Waals surface area (Å²) in [5, 5.41) is 6.97. The summed E-state index contributed by atoms with van der Waals surface area (Å²) in [7, 11) is 0. The van der Waals surface area contributed by atoms with Crippen LogP contribution >= 0.6 is 0 Å². The van der Waals surface area contributed by atoms with Gasteiger partial charge in [0.25, 0.3) is 0 Å². The molecule has 0 unspecified atom stereocenters. The Hall–Kier alpha value is -0.940. The molecule has 0 radical (unpaired) electrons. The molecule has 0 spiro atoms. The Morgan fingerprint density at radius 3 is 3.07 bits per heavy atom. The van der Waals surface area contributed by atoms with E-state index in [0.717, 1.165) is 45.0 Å². The van der Waals surface area contributed by atoms with Crippen LogP contribution in [0.3, 0.4) is 0 Å². The van der Waals surface area contributed by atoms with Gasteiger partial charge in [0.05, 0.1) is 6.61 Å². The van der Waals surface area contributed by atoms with E-state index in [1.165, 1.54) is 12.8 Å². The lowest BCUT2D eigenvalue weighted by molar-refractivity contribution is 0.133. The number of nitrogens with zero attached hydrogens (tertiary/aromatic N) is 2. The lowest BCUT2D eigenvalue weighted by atomic mass is 10.4. The number of unbranched alkanes of at least 4 members (excludes halogenated alkanes) is 1. The highest BCUT2D eigenvalue weighted by atomic mass is 16.5. The Balaban J connectivity index is 1.81. The van der Waals surface area contributed by atoms with Crippen LogP contribution in [0.4, 0.5) is 0 Å². The Morgan fingerprint density at radius 2 is 2.33 bits per heavy atom. The molecular weight excluding hydrogens is 194 g/mol. The first-order valence-electron chi connectivity index (χ1n) is 5.47. The van der Waals surface area contributed by atoms with E-state index in [1.807, 2.05) is 0 Å². The fourth-order valence-electron chi connectivity index (χ4n) is 1.12. The van der Waals surface area contributed by atoms with Gasteiger partial charge in [-0.15, -0.1) is 0 Å². The number of hydrogen-bond donors (Lipinski definition) is 1. The molecule has 5 nitrogen and oxygen atoms in total. The monoisotopic (exact) mass is 213 g/mol. The molecule has 1 aromatic heterocycles. The average Bonchev–Trinajstić information content (AvgIpc) is 2.75. The average molecular weight is 213 g/mol. The molecule has 1 aromatic rings. The van der Waals surface area contributed by atoms with Crippen LogP contribution in [-0.2, 0) is 11.2 Å². The molecule has 1 N–H and O–H groups in total. The summed E-state index contributed by atoms with van der Waals surface area (Å²) in [6.07, 6.45) is 4.47. The third-order valence-electron chi connectivity index (χ3n) is 2.00. The number of nitrogens with one attached hydrogen (secondary N) is 1. The van der Waals surface area contributed by atoms with Gasteiger partial charge in [-0.3, -0.25) is 0 Å². The van der Waals surface area contributed by atoms with Gasteiger partial charge < -0.3 is 14.6 Å². The van der Waals surface area contributed by atoms with E-state index in [-0.39, 0.29) is 0 Å². The molecule has 0 atom stereocenters. The standard InChI is InChI=1S/C10H19N3O2/c1-2-3-7-14-8-6-11-5-4-10-12-9-15-13-10/h9,11H,2-8H2,1H3. The molecule has 0 aliphatic carbocycles. The van der Waals surface area contributed by atoms with Gasteiger partial charge in [-0.05, 0) is 6.42 Å². The van der Waals surface area contributed by atoms with E-state index in [1.54, 1.807) is 0 Å². The lowest BCUT2D eigenvalue weighted by Gasteiger charge is -2.04. The molecule has 0 saturated heterocycles. The molecule has 0 aromatic carbocycles. The maximum absolute atomic E-state index is 5.40. The summed E-state index contributed by atoms with van der Waals surface area (Å²) in [5.74, 6) is 0.745. The smallest absolute Gasteiger partial charge is 0.213 e. The van der Waals surface area contributed by atoms with Crippen molar-refractivity contribution >= 4 is 0 Å². The van der Waals surface area contributed by atoms with Crippen LogP contribution in [0, 0.1) is 0 Å². The van der Waals surface area contributed by atoms with E-state index in [0.29, 0.717) is 0 Å². The number of rotatable bonds is 9. The molecule has 0 aliphatic heterocycles. The minimum atomic E-state index is 0.745. The quantitative estimate of drug-likeness (QED) is 0.620. The lowest BCUT2D eigenvalue weighted by Crippen LogP contribution is -2.22.